The van der Waals surface area contributed by atoms with E-state index in [2.05, 4.69) is 297 Å². The molecule has 0 saturated heterocycles. The first kappa shape index (κ1) is 48.8. The van der Waals surface area contributed by atoms with Gasteiger partial charge in [0.1, 0.15) is 16.9 Å². The third kappa shape index (κ3) is 8.34. The van der Waals surface area contributed by atoms with Gasteiger partial charge in [0.25, 0.3) is 0 Å². The molecule has 0 N–H and O–H groups in total. The van der Waals surface area contributed by atoms with Gasteiger partial charge in [-0.15, -0.1) is 0 Å². The number of hydrogen-bond donors (Lipinski definition) is 0. The number of fused-ring (bicyclic) bond motifs is 8. The van der Waals surface area contributed by atoms with Crippen molar-refractivity contribution in [2.75, 3.05) is 0 Å². The summed E-state index contributed by atoms with van der Waals surface area (Å²) in [6.45, 7) is 0. The van der Waals surface area contributed by atoms with Crippen LogP contribution in [-0.2, 0) is 0 Å². The van der Waals surface area contributed by atoms with Crippen molar-refractivity contribution >= 4 is 86.6 Å². The Kier molecular flexibility index (Phi) is 11.9. The van der Waals surface area contributed by atoms with Gasteiger partial charge in [0.2, 0.25) is 0 Å². The second kappa shape index (κ2) is 20.5. The third-order valence-corrected chi connectivity index (χ3v) is 17.0. The fraction of sp³-hybridized carbons (Fsp3) is 0. The van der Waals surface area contributed by atoms with Crippen LogP contribution < -0.4 is 0 Å². The number of benzene rings is 15. The van der Waals surface area contributed by atoms with Crippen molar-refractivity contribution in [3.05, 3.63) is 316 Å². The van der Waals surface area contributed by atoms with E-state index in [-0.39, 0.29) is 0 Å². The average molecular weight is 1070 g/mol. The molecule has 0 aliphatic heterocycles. The molecule has 0 atom stereocenters. The van der Waals surface area contributed by atoms with Gasteiger partial charge in [-0.05, 0) is 157 Å². The van der Waals surface area contributed by atoms with E-state index < -0.39 is 0 Å². The average Bonchev–Trinajstić information content (AvgIpc) is 1.66. The molecule has 2 nitrogen and oxygen atoms in total. The summed E-state index contributed by atoms with van der Waals surface area (Å²) in [5.74, 6) is 0.898. The summed E-state index contributed by atoms with van der Waals surface area (Å²) in [5.41, 5.74) is 17.3. The first-order chi connectivity index (χ1) is 41.7. The summed E-state index contributed by atoms with van der Waals surface area (Å²) in [7, 11) is 0. The molecular weight excluding hydrogens is 1020 g/mol. The maximum atomic E-state index is 6.62. The molecule has 17 aromatic rings. The fourth-order valence-corrected chi connectivity index (χ4v) is 13.2. The highest BCUT2D eigenvalue weighted by atomic mass is 16.3. The smallest absolute Gasteiger partial charge is 0.143 e. The highest BCUT2D eigenvalue weighted by molar-refractivity contribution is 6.24. The fourth-order valence-electron chi connectivity index (χ4n) is 13.2. The maximum absolute atomic E-state index is 6.62. The molecule has 0 saturated carbocycles. The molecule has 0 unspecified atom stereocenters. The van der Waals surface area contributed by atoms with Crippen LogP contribution in [0.15, 0.2) is 324 Å². The van der Waals surface area contributed by atoms with Gasteiger partial charge < -0.3 is 8.83 Å². The van der Waals surface area contributed by atoms with Crippen molar-refractivity contribution in [2.24, 2.45) is 0 Å². The Morgan fingerprint density at radius 3 is 0.964 bits per heavy atom. The Balaban J connectivity index is 0.000000139. The number of furan rings is 2. The van der Waals surface area contributed by atoms with E-state index in [1.165, 1.54) is 109 Å². The van der Waals surface area contributed by atoms with Crippen LogP contribution in [0.3, 0.4) is 0 Å². The highest BCUT2D eigenvalue weighted by Crippen LogP contribution is 2.49. The van der Waals surface area contributed by atoms with Crippen molar-refractivity contribution in [3.63, 3.8) is 0 Å². The minimum atomic E-state index is 0.887. The molecule has 2 heterocycles. The lowest BCUT2D eigenvalue weighted by Gasteiger charge is -2.18. The van der Waals surface area contributed by atoms with Crippen molar-refractivity contribution in [3.8, 4) is 78.1 Å². The Hall–Kier alpha value is -11.1. The van der Waals surface area contributed by atoms with Crippen LogP contribution in [0.5, 0.6) is 0 Å². The van der Waals surface area contributed by atoms with Gasteiger partial charge in [-0.1, -0.05) is 273 Å². The summed E-state index contributed by atoms with van der Waals surface area (Å²) in [4.78, 5) is 0. The zero-order valence-electron chi connectivity index (χ0n) is 45.8. The normalized spacial score (nSPS) is 11.6. The van der Waals surface area contributed by atoms with E-state index in [9.17, 15) is 0 Å². The summed E-state index contributed by atoms with van der Waals surface area (Å²) in [6, 6.07) is 111. The molecule has 0 amide bonds. The van der Waals surface area contributed by atoms with Crippen LogP contribution in [0.25, 0.3) is 165 Å². The molecule has 392 valence electrons. The Morgan fingerprint density at radius 2 is 0.524 bits per heavy atom. The third-order valence-electron chi connectivity index (χ3n) is 17.0. The van der Waals surface area contributed by atoms with Crippen LogP contribution in [-0.4, -0.2) is 0 Å². The van der Waals surface area contributed by atoms with Crippen LogP contribution in [0.4, 0.5) is 0 Å². The highest BCUT2D eigenvalue weighted by Gasteiger charge is 2.23. The second-order valence-corrected chi connectivity index (χ2v) is 21.8. The van der Waals surface area contributed by atoms with Crippen molar-refractivity contribution in [2.45, 2.75) is 0 Å². The lowest BCUT2D eigenvalue weighted by Crippen LogP contribution is -1.91. The molecule has 2 aromatic heterocycles. The predicted octanol–water partition coefficient (Wildman–Crippen LogP) is 23.5. The van der Waals surface area contributed by atoms with E-state index in [1.54, 1.807) is 0 Å². The molecule has 0 spiro atoms. The van der Waals surface area contributed by atoms with E-state index in [1.807, 2.05) is 18.4 Å². The monoisotopic (exact) mass is 1070 g/mol. The van der Waals surface area contributed by atoms with Crippen molar-refractivity contribution in [1.82, 2.24) is 0 Å². The van der Waals surface area contributed by atoms with Crippen molar-refractivity contribution in [1.29, 1.82) is 0 Å². The molecule has 17 rings (SSSR count). The summed E-state index contributed by atoms with van der Waals surface area (Å²) < 4.78 is 12.6. The van der Waals surface area contributed by atoms with Crippen LogP contribution in [0.2, 0.25) is 0 Å². The molecule has 0 aliphatic carbocycles. The van der Waals surface area contributed by atoms with Gasteiger partial charge in [0.05, 0.1) is 6.26 Å². The van der Waals surface area contributed by atoms with Gasteiger partial charge >= 0.3 is 0 Å². The summed E-state index contributed by atoms with van der Waals surface area (Å²) in [6.07, 6.45) is 1.88. The second-order valence-electron chi connectivity index (χ2n) is 21.8. The van der Waals surface area contributed by atoms with Gasteiger partial charge in [-0.2, -0.15) is 0 Å². The Morgan fingerprint density at radius 1 is 0.190 bits per heavy atom. The number of rotatable bonds is 7. The molecule has 84 heavy (non-hydrogen) atoms. The molecule has 2 heteroatoms. The topological polar surface area (TPSA) is 26.3 Å². The number of hydrogen-bond acceptors (Lipinski definition) is 2. The maximum Gasteiger partial charge on any atom is 0.143 e. The van der Waals surface area contributed by atoms with Crippen LogP contribution >= 0.6 is 0 Å². The molecule has 15 aromatic carbocycles. The lowest BCUT2D eigenvalue weighted by molar-refractivity contribution is 0.617. The minimum absolute atomic E-state index is 0.887. The van der Waals surface area contributed by atoms with Crippen LogP contribution in [0.1, 0.15) is 0 Å². The van der Waals surface area contributed by atoms with Gasteiger partial charge in [0.15, 0.2) is 0 Å². The van der Waals surface area contributed by atoms with Crippen LogP contribution in [0, 0.1) is 0 Å². The summed E-state index contributed by atoms with van der Waals surface area (Å²) in [5, 5.41) is 17.3. The van der Waals surface area contributed by atoms with E-state index in [0.717, 1.165) is 55.5 Å². The Bertz CT molecular complexity index is 5240. The van der Waals surface area contributed by atoms with Gasteiger partial charge in [-0.3, -0.25) is 0 Å². The van der Waals surface area contributed by atoms with E-state index in [0.29, 0.717) is 0 Å². The van der Waals surface area contributed by atoms with Crippen molar-refractivity contribution < 1.29 is 8.83 Å². The van der Waals surface area contributed by atoms with E-state index in [4.69, 9.17) is 8.83 Å². The first-order valence-corrected chi connectivity index (χ1v) is 28.8. The quantitative estimate of drug-likeness (QED) is 0.149. The zero-order valence-corrected chi connectivity index (χ0v) is 45.8. The standard InChI is InChI=1S/C44H28O.C38H24O/c1-3-14-30(15-4-1)43-39-28-34(25-26-40(39)45-44(43)31-16-5-2-6-17-31)42-37-21-11-9-19-35(37)41(36-20-10-12-22-38(36)42)33-24-23-29-13-7-8-18-32(29)27-33;1-2-11-26(12-3-1)35-24-39-36-21-20-29(23-34(35)36)38-32-16-8-6-14-30(32)37(31-15-7-9-17-33(31)38)28-19-18-25-10-4-5-13-27(25)22-28/h1-28H;1-24H. The molecule has 0 aliphatic rings. The molecule has 0 fully saturated rings. The Labute approximate surface area is 486 Å². The van der Waals surface area contributed by atoms with E-state index >= 15 is 0 Å². The molecule has 0 radical (unpaired) electrons. The van der Waals surface area contributed by atoms with Gasteiger partial charge in [0, 0.05) is 27.5 Å². The van der Waals surface area contributed by atoms with Gasteiger partial charge in [-0.25, -0.2) is 0 Å². The first-order valence-electron chi connectivity index (χ1n) is 28.8. The predicted molar refractivity (Wildman–Crippen MR) is 356 cm³/mol. The largest absolute Gasteiger partial charge is 0.464 e. The lowest BCUT2D eigenvalue weighted by atomic mass is 9.85. The zero-order chi connectivity index (χ0) is 55.5. The molecule has 0 bridgehead atoms. The summed E-state index contributed by atoms with van der Waals surface area (Å²) >= 11 is 0. The minimum Gasteiger partial charge on any atom is -0.464 e. The molecular formula is C82H52O2. The SMILES string of the molecule is c1ccc(-c2coc3ccc(-c4c5ccccc5c(-c5ccc6ccccc6c5)c5ccccc45)cc23)cc1.c1ccc(-c2oc3ccc(-c4c5ccccc5c(-c5ccc6ccccc6c5)c5ccccc45)cc3c2-c2ccccc2)cc1.